The third-order valence-electron chi connectivity index (χ3n) is 6.81. The summed E-state index contributed by atoms with van der Waals surface area (Å²) in [6.45, 7) is 13.7. The van der Waals surface area contributed by atoms with Crippen LogP contribution in [-0.4, -0.2) is 41.8 Å². The molecule has 1 aliphatic carbocycles. The van der Waals surface area contributed by atoms with Crippen LogP contribution in [-0.2, 0) is 6.54 Å². The van der Waals surface area contributed by atoms with Crippen molar-refractivity contribution in [3.05, 3.63) is 60.6 Å². The van der Waals surface area contributed by atoms with Crippen molar-refractivity contribution in [1.29, 1.82) is 0 Å². The zero-order valence-electron chi connectivity index (χ0n) is 21.2. The van der Waals surface area contributed by atoms with Crippen molar-refractivity contribution in [1.82, 2.24) is 40.0 Å². The number of allylic oxidation sites excluding steroid dienone is 1. The molecule has 0 aromatic carbocycles. The minimum absolute atomic E-state index is 0.00961. The van der Waals surface area contributed by atoms with Crippen LogP contribution in [0.4, 0.5) is 8.78 Å². The van der Waals surface area contributed by atoms with Gasteiger partial charge >= 0.3 is 0 Å². The van der Waals surface area contributed by atoms with E-state index in [4.69, 9.17) is 0 Å². The molecule has 1 unspecified atom stereocenters. The molecule has 194 valence electrons. The molecule has 36 heavy (non-hydrogen) atoms. The second-order valence-corrected chi connectivity index (χ2v) is 9.62. The largest absolute Gasteiger partial charge is 0.389 e. The van der Waals surface area contributed by atoms with Crippen molar-refractivity contribution in [2.75, 3.05) is 6.54 Å². The smallest absolute Gasteiger partial charge is 0.250 e. The van der Waals surface area contributed by atoms with Crippen LogP contribution in [0.25, 0.3) is 11.5 Å². The van der Waals surface area contributed by atoms with Gasteiger partial charge < -0.3 is 10.6 Å². The Labute approximate surface area is 210 Å². The Kier molecular flexibility index (Phi) is 8.01. The second kappa shape index (κ2) is 11.2. The van der Waals surface area contributed by atoms with Gasteiger partial charge in [0.05, 0.1) is 41.2 Å². The SMILES string of the molecule is C=C(NC(c1cn2nc(C)cnc2n1)C1CCC(F)(F)CC1)c1ccnn1CC.C=C1CCCCN1. The summed E-state index contributed by atoms with van der Waals surface area (Å²) in [4.78, 5) is 8.93. The normalized spacial score (nSPS) is 18.7. The number of nitrogens with one attached hydrogen (secondary N) is 2. The van der Waals surface area contributed by atoms with Gasteiger partial charge in [0.15, 0.2) is 0 Å². The van der Waals surface area contributed by atoms with Gasteiger partial charge in [-0.25, -0.2) is 23.3 Å². The van der Waals surface area contributed by atoms with Crippen molar-refractivity contribution in [2.24, 2.45) is 5.92 Å². The first-order valence-electron chi connectivity index (χ1n) is 12.7. The molecule has 2 N–H and O–H groups in total. The van der Waals surface area contributed by atoms with E-state index in [1.165, 1.54) is 25.0 Å². The van der Waals surface area contributed by atoms with E-state index in [9.17, 15) is 8.78 Å². The molecule has 4 heterocycles. The van der Waals surface area contributed by atoms with Crippen LogP contribution >= 0.6 is 0 Å². The third-order valence-corrected chi connectivity index (χ3v) is 6.81. The van der Waals surface area contributed by atoms with E-state index in [0.29, 0.717) is 30.9 Å². The monoisotopic (exact) mass is 498 g/mol. The van der Waals surface area contributed by atoms with E-state index >= 15 is 0 Å². The highest BCUT2D eigenvalue weighted by atomic mass is 19.3. The molecule has 1 saturated carbocycles. The summed E-state index contributed by atoms with van der Waals surface area (Å²) in [6.07, 6.45) is 9.64. The lowest BCUT2D eigenvalue weighted by Gasteiger charge is -2.34. The molecule has 0 radical (unpaired) electrons. The Morgan fingerprint density at radius 3 is 2.72 bits per heavy atom. The van der Waals surface area contributed by atoms with E-state index in [-0.39, 0.29) is 24.8 Å². The Morgan fingerprint density at radius 2 is 2.08 bits per heavy atom. The zero-order chi connectivity index (χ0) is 25.7. The van der Waals surface area contributed by atoms with Crippen molar-refractivity contribution < 1.29 is 8.78 Å². The molecule has 3 aromatic rings. The van der Waals surface area contributed by atoms with Crippen LogP contribution in [0.3, 0.4) is 0 Å². The number of piperidine rings is 1. The fourth-order valence-corrected chi connectivity index (χ4v) is 4.79. The summed E-state index contributed by atoms with van der Waals surface area (Å²) in [6, 6.07) is 1.63. The van der Waals surface area contributed by atoms with E-state index in [1.54, 1.807) is 16.9 Å². The maximum absolute atomic E-state index is 13.8. The molecular formula is C26H36F2N8. The summed E-state index contributed by atoms with van der Waals surface area (Å²) in [5, 5.41) is 15.3. The molecular weight excluding hydrogens is 462 g/mol. The van der Waals surface area contributed by atoms with Gasteiger partial charge in [0, 0.05) is 37.8 Å². The van der Waals surface area contributed by atoms with Crippen molar-refractivity contribution in [3.8, 4) is 0 Å². The number of aromatic nitrogens is 6. The van der Waals surface area contributed by atoms with Gasteiger partial charge in [-0.2, -0.15) is 10.2 Å². The molecule has 5 rings (SSSR count). The van der Waals surface area contributed by atoms with Crippen LogP contribution in [0.15, 0.2) is 43.5 Å². The standard InChI is InChI=1S/C20H25F2N7.C6H11N/c1-4-28-17(7-10-24-28)14(3)25-18(15-5-8-20(21,22)9-6-15)16-12-29-19(26-16)23-11-13(2)27-29;1-6-4-2-3-5-7-6/h7,10-12,15,18,25H,3-6,8-9H2,1-2H3;7H,1-5H2. The third kappa shape index (κ3) is 6.27. The van der Waals surface area contributed by atoms with Crippen molar-refractivity contribution in [3.63, 3.8) is 0 Å². The first-order valence-corrected chi connectivity index (χ1v) is 12.7. The average molecular weight is 499 g/mol. The lowest BCUT2D eigenvalue weighted by Crippen LogP contribution is -2.34. The topological polar surface area (TPSA) is 85.0 Å². The lowest BCUT2D eigenvalue weighted by atomic mass is 9.81. The second-order valence-electron chi connectivity index (χ2n) is 9.62. The molecule has 10 heteroatoms. The molecule has 1 saturated heterocycles. The van der Waals surface area contributed by atoms with Crippen LogP contribution in [0.5, 0.6) is 0 Å². The molecule has 1 aliphatic heterocycles. The van der Waals surface area contributed by atoms with Gasteiger partial charge in [-0.05, 0) is 57.9 Å². The number of nitrogens with zero attached hydrogens (tertiary/aromatic N) is 6. The number of fused-ring (bicyclic) bond motifs is 1. The number of imidazole rings is 1. The highest BCUT2D eigenvalue weighted by Crippen LogP contribution is 2.41. The molecule has 8 nitrogen and oxygen atoms in total. The van der Waals surface area contributed by atoms with Crippen LogP contribution in [0.2, 0.25) is 0 Å². The number of hydrogen-bond donors (Lipinski definition) is 2. The highest BCUT2D eigenvalue weighted by molar-refractivity contribution is 5.59. The number of hydrogen-bond acceptors (Lipinski definition) is 6. The summed E-state index contributed by atoms with van der Waals surface area (Å²) < 4.78 is 31.0. The van der Waals surface area contributed by atoms with Gasteiger partial charge in [-0.15, -0.1) is 0 Å². The maximum Gasteiger partial charge on any atom is 0.250 e. The van der Waals surface area contributed by atoms with Crippen LogP contribution < -0.4 is 10.6 Å². The zero-order valence-corrected chi connectivity index (χ0v) is 21.2. The predicted molar refractivity (Wildman–Crippen MR) is 136 cm³/mol. The summed E-state index contributed by atoms with van der Waals surface area (Å²) in [5.74, 6) is -2.09. The van der Waals surface area contributed by atoms with Gasteiger partial charge in [0.25, 0.3) is 5.78 Å². The first kappa shape index (κ1) is 25.8. The summed E-state index contributed by atoms with van der Waals surface area (Å²) in [5.41, 5.74) is 4.29. The van der Waals surface area contributed by atoms with Crippen LogP contribution in [0.1, 0.15) is 75.0 Å². The van der Waals surface area contributed by atoms with E-state index in [0.717, 1.165) is 23.6 Å². The molecule has 0 spiro atoms. The Bertz CT molecular complexity index is 1180. The lowest BCUT2D eigenvalue weighted by molar-refractivity contribution is -0.0493. The van der Waals surface area contributed by atoms with Crippen molar-refractivity contribution >= 4 is 11.5 Å². The Morgan fingerprint density at radius 1 is 1.31 bits per heavy atom. The number of rotatable bonds is 6. The summed E-state index contributed by atoms with van der Waals surface area (Å²) >= 11 is 0. The molecule has 2 aliphatic rings. The minimum atomic E-state index is -2.59. The van der Waals surface area contributed by atoms with Gasteiger partial charge in [-0.3, -0.25) is 4.68 Å². The van der Waals surface area contributed by atoms with Crippen LogP contribution in [0, 0.1) is 12.8 Å². The van der Waals surface area contributed by atoms with Gasteiger partial charge in [0.1, 0.15) is 0 Å². The fourth-order valence-electron chi connectivity index (χ4n) is 4.79. The minimum Gasteiger partial charge on any atom is -0.389 e. The molecule has 1 atom stereocenters. The first-order chi connectivity index (χ1) is 17.3. The van der Waals surface area contributed by atoms with E-state index in [2.05, 4.69) is 44.0 Å². The highest BCUT2D eigenvalue weighted by Gasteiger charge is 2.39. The Hall–Kier alpha value is -3.30. The van der Waals surface area contributed by atoms with E-state index in [1.807, 2.05) is 30.8 Å². The number of aryl methyl sites for hydroxylation is 2. The Balaban J connectivity index is 0.000000375. The number of alkyl halides is 2. The van der Waals surface area contributed by atoms with Gasteiger partial charge in [-0.1, -0.05) is 13.2 Å². The maximum atomic E-state index is 13.8. The fraction of sp³-hybridized carbons (Fsp3) is 0.538. The number of halogens is 2. The summed E-state index contributed by atoms with van der Waals surface area (Å²) in [7, 11) is 0. The predicted octanol–water partition coefficient (Wildman–Crippen LogP) is 5.05. The molecule has 3 aromatic heterocycles. The molecule has 0 amide bonds. The van der Waals surface area contributed by atoms with E-state index < -0.39 is 5.92 Å². The quantitative estimate of drug-likeness (QED) is 0.495. The molecule has 0 bridgehead atoms. The molecule has 2 fully saturated rings. The van der Waals surface area contributed by atoms with Gasteiger partial charge in [0.2, 0.25) is 5.92 Å². The average Bonchev–Trinajstić information content (AvgIpc) is 3.50. The van der Waals surface area contributed by atoms with Crippen molar-refractivity contribution in [2.45, 2.75) is 77.3 Å².